The van der Waals surface area contributed by atoms with Crippen molar-refractivity contribution in [1.29, 1.82) is 0 Å². The summed E-state index contributed by atoms with van der Waals surface area (Å²) in [6.45, 7) is 5.92. The average molecular weight is 369 g/mol. The van der Waals surface area contributed by atoms with E-state index < -0.39 is 0 Å². The van der Waals surface area contributed by atoms with Crippen LogP contribution in [0.15, 0.2) is 40.9 Å². The summed E-state index contributed by atoms with van der Waals surface area (Å²) in [5, 5.41) is 4.02. The molecule has 0 bridgehead atoms. The quantitative estimate of drug-likeness (QED) is 0.660. The molecular weight excluding hydrogens is 350 g/mol. The Morgan fingerprint density at radius 2 is 1.95 bits per heavy atom. The van der Waals surface area contributed by atoms with Gasteiger partial charge in [-0.3, -0.25) is 0 Å². The summed E-state index contributed by atoms with van der Waals surface area (Å²) in [6.07, 6.45) is 1.11. The topological polar surface area (TPSA) is 21.3 Å². The number of aryl methyl sites for hydroxylation is 1. The number of rotatable bonds is 6. The standard InChI is InChI=1S/C17H19BrClNO/c1-3-8-20-11-13-5-6-14(18)10-17(13)21-16-7-4-12(2)9-15(16)19/h4-7,9-10,20H,3,8,11H2,1-2H3. The normalized spacial score (nSPS) is 10.7. The van der Waals surface area contributed by atoms with E-state index in [1.807, 2.05) is 37.3 Å². The summed E-state index contributed by atoms with van der Waals surface area (Å²) in [7, 11) is 0. The predicted octanol–water partition coefficient (Wildman–Crippen LogP) is 5.70. The Kier molecular flexibility index (Phi) is 6.09. The fourth-order valence-corrected chi connectivity index (χ4v) is 2.59. The van der Waals surface area contributed by atoms with Gasteiger partial charge in [-0.15, -0.1) is 0 Å². The SMILES string of the molecule is CCCNCc1ccc(Br)cc1Oc1ccc(C)cc1Cl. The van der Waals surface area contributed by atoms with E-state index in [-0.39, 0.29) is 0 Å². The summed E-state index contributed by atoms with van der Waals surface area (Å²) in [5.74, 6) is 1.50. The molecule has 0 unspecified atom stereocenters. The predicted molar refractivity (Wildman–Crippen MR) is 92.4 cm³/mol. The summed E-state index contributed by atoms with van der Waals surface area (Å²) in [6, 6.07) is 11.9. The lowest BCUT2D eigenvalue weighted by molar-refractivity contribution is 0.472. The highest BCUT2D eigenvalue weighted by molar-refractivity contribution is 9.10. The van der Waals surface area contributed by atoms with Crippen molar-refractivity contribution in [2.45, 2.75) is 26.8 Å². The fraction of sp³-hybridized carbons (Fsp3) is 0.294. The maximum Gasteiger partial charge on any atom is 0.146 e. The van der Waals surface area contributed by atoms with Gasteiger partial charge in [-0.2, -0.15) is 0 Å². The summed E-state index contributed by atoms with van der Waals surface area (Å²) in [5.41, 5.74) is 2.23. The summed E-state index contributed by atoms with van der Waals surface area (Å²) < 4.78 is 6.99. The summed E-state index contributed by atoms with van der Waals surface area (Å²) >= 11 is 9.73. The molecule has 2 aromatic rings. The van der Waals surface area contributed by atoms with E-state index >= 15 is 0 Å². The highest BCUT2D eigenvalue weighted by Gasteiger charge is 2.08. The van der Waals surface area contributed by atoms with Crippen LogP contribution in [0.2, 0.25) is 5.02 Å². The monoisotopic (exact) mass is 367 g/mol. The molecule has 0 atom stereocenters. The van der Waals surface area contributed by atoms with Gasteiger partial charge in [-0.05, 0) is 49.7 Å². The number of halogens is 2. The van der Waals surface area contributed by atoms with E-state index in [1.54, 1.807) is 0 Å². The van der Waals surface area contributed by atoms with Crippen molar-refractivity contribution in [2.75, 3.05) is 6.54 Å². The number of benzene rings is 2. The Labute approximate surface area is 139 Å². The first-order chi connectivity index (χ1) is 10.1. The van der Waals surface area contributed by atoms with Gasteiger partial charge in [0.05, 0.1) is 5.02 Å². The highest BCUT2D eigenvalue weighted by atomic mass is 79.9. The van der Waals surface area contributed by atoms with Gasteiger partial charge < -0.3 is 10.1 Å². The highest BCUT2D eigenvalue weighted by Crippen LogP contribution is 2.33. The van der Waals surface area contributed by atoms with Gasteiger partial charge in [-0.1, -0.05) is 46.6 Å². The number of ether oxygens (including phenoxy) is 1. The molecule has 4 heteroatoms. The summed E-state index contributed by atoms with van der Waals surface area (Å²) in [4.78, 5) is 0. The molecule has 0 saturated heterocycles. The van der Waals surface area contributed by atoms with Gasteiger partial charge in [0.15, 0.2) is 0 Å². The number of hydrogen-bond donors (Lipinski definition) is 1. The third-order valence-electron chi connectivity index (χ3n) is 3.08. The molecule has 0 radical (unpaired) electrons. The molecule has 112 valence electrons. The molecule has 0 fully saturated rings. The second-order valence-corrected chi connectivity index (χ2v) is 6.29. The fourth-order valence-electron chi connectivity index (χ4n) is 1.98. The smallest absolute Gasteiger partial charge is 0.146 e. The van der Waals surface area contributed by atoms with Crippen LogP contribution in [0.5, 0.6) is 11.5 Å². The molecule has 0 saturated carbocycles. The van der Waals surface area contributed by atoms with Gasteiger partial charge >= 0.3 is 0 Å². The van der Waals surface area contributed by atoms with Crippen LogP contribution in [0.3, 0.4) is 0 Å². The maximum absolute atomic E-state index is 6.25. The van der Waals surface area contributed by atoms with Crippen molar-refractivity contribution in [2.24, 2.45) is 0 Å². The van der Waals surface area contributed by atoms with Crippen LogP contribution in [-0.2, 0) is 6.54 Å². The van der Waals surface area contributed by atoms with E-state index in [2.05, 4.69) is 34.2 Å². The minimum absolute atomic E-state index is 0.627. The third kappa shape index (κ3) is 4.73. The largest absolute Gasteiger partial charge is 0.455 e. The van der Waals surface area contributed by atoms with Crippen molar-refractivity contribution in [3.63, 3.8) is 0 Å². The van der Waals surface area contributed by atoms with Crippen molar-refractivity contribution in [1.82, 2.24) is 5.32 Å². The van der Waals surface area contributed by atoms with Crippen LogP contribution in [-0.4, -0.2) is 6.54 Å². The molecule has 2 rings (SSSR count). The van der Waals surface area contributed by atoms with Gasteiger partial charge in [0.2, 0.25) is 0 Å². The third-order valence-corrected chi connectivity index (χ3v) is 3.87. The van der Waals surface area contributed by atoms with Crippen LogP contribution >= 0.6 is 27.5 Å². The Balaban J connectivity index is 2.22. The average Bonchev–Trinajstić information content (AvgIpc) is 2.44. The van der Waals surface area contributed by atoms with E-state index in [4.69, 9.17) is 16.3 Å². The lowest BCUT2D eigenvalue weighted by Crippen LogP contribution is -2.14. The Bertz CT molecular complexity index is 616. The van der Waals surface area contributed by atoms with Crippen LogP contribution in [0, 0.1) is 6.92 Å². The van der Waals surface area contributed by atoms with Crippen molar-refractivity contribution < 1.29 is 4.74 Å². The molecule has 0 aliphatic rings. The van der Waals surface area contributed by atoms with Gasteiger partial charge in [0.25, 0.3) is 0 Å². The number of nitrogens with one attached hydrogen (secondary N) is 1. The van der Waals surface area contributed by atoms with Crippen LogP contribution in [0.1, 0.15) is 24.5 Å². The Morgan fingerprint density at radius 1 is 1.14 bits per heavy atom. The van der Waals surface area contributed by atoms with E-state index in [1.165, 1.54) is 0 Å². The lowest BCUT2D eigenvalue weighted by Gasteiger charge is -2.13. The molecule has 0 aliphatic heterocycles. The molecular formula is C17H19BrClNO. The van der Waals surface area contributed by atoms with Crippen molar-refractivity contribution in [3.05, 3.63) is 57.0 Å². The van der Waals surface area contributed by atoms with E-state index in [9.17, 15) is 0 Å². The zero-order chi connectivity index (χ0) is 15.2. The first-order valence-electron chi connectivity index (χ1n) is 7.03. The first-order valence-corrected chi connectivity index (χ1v) is 8.20. The minimum atomic E-state index is 0.627. The van der Waals surface area contributed by atoms with Gasteiger partial charge in [0, 0.05) is 16.6 Å². The molecule has 21 heavy (non-hydrogen) atoms. The molecule has 2 aromatic carbocycles. The van der Waals surface area contributed by atoms with Crippen molar-refractivity contribution >= 4 is 27.5 Å². The zero-order valence-corrected chi connectivity index (χ0v) is 14.6. The van der Waals surface area contributed by atoms with Crippen molar-refractivity contribution in [3.8, 4) is 11.5 Å². The van der Waals surface area contributed by atoms with Gasteiger partial charge in [-0.25, -0.2) is 0 Å². The second-order valence-electron chi connectivity index (χ2n) is 4.96. The minimum Gasteiger partial charge on any atom is -0.455 e. The Hall–Kier alpha value is -1.03. The molecule has 2 nitrogen and oxygen atoms in total. The molecule has 0 aromatic heterocycles. The van der Waals surface area contributed by atoms with Crippen LogP contribution in [0.25, 0.3) is 0 Å². The maximum atomic E-state index is 6.25. The molecule has 0 heterocycles. The van der Waals surface area contributed by atoms with Crippen LogP contribution in [0.4, 0.5) is 0 Å². The molecule has 1 N–H and O–H groups in total. The lowest BCUT2D eigenvalue weighted by atomic mass is 10.2. The number of hydrogen-bond acceptors (Lipinski definition) is 2. The molecule has 0 amide bonds. The second kappa shape index (κ2) is 7.83. The molecule has 0 spiro atoms. The van der Waals surface area contributed by atoms with E-state index in [0.29, 0.717) is 10.8 Å². The van der Waals surface area contributed by atoms with Crippen LogP contribution < -0.4 is 10.1 Å². The van der Waals surface area contributed by atoms with Gasteiger partial charge in [0.1, 0.15) is 11.5 Å². The first kappa shape index (κ1) is 16.3. The Morgan fingerprint density at radius 3 is 2.67 bits per heavy atom. The zero-order valence-electron chi connectivity index (χ0n) is 12.2. The molecule has 0 aliphatic carbocycles. The van der Waals surface area contributed by atoms with E-state index in [0.717, 1.165) is 40.9 Å².